The zero-order valence-electron chi connectivity index (χ0n) is 18.7. The third-order valence-corrected chi connectivity index (χ3v) is 5.88. The number of piperazine rings is 1. The lowest BCUT2D eigenvalue weighted by Crippen LogP contribution is -2.59. The van der Waals surface area contributed by atoms with Crippen molar-refractivity contribution in [2.24, 2.45) is 0 Å². The molecule has 6 nitrogen and oxygen atoms in total. The molecule has 2 amide bonds. The number of pyridine rings is 1. The highest BCUT2D eigenvalue weighted by Crippen LogP contribution is 2.26. The van der Waals surface area contributed by atoms with Gasteiger partial charge in [-0.25, -0.2) is 0 Å². The normalized spacial score (nSPS) is 15.9. The molecule has 0 bridgehead atoms. The highest BCUT2D eigenvalue weighted by atomic mass is 16.5. The number of ether oxygens (including phenoxy) is 1. The van der Waals surface area contributed by atoms with E-state index in [-0.39, 0.29) is 11.8 Å². The van der Waals surface area contributed by atoms with Crippen LogP contribution in [0.4, 0.5) is 0 Å². The number of nitrogens with zero attached hydrogens (tertiary/aromatic N) is 3. The van der Waals surface area contributed by atoms with E-state index in [0.29, 0.717) is 37.4 Å². The summed E-state index contributed by atoms with van der Waals surface area (Å²) in [5.74, 6) is 0.226. The molecule has 1 saturated heterocycles. The van der Waals surface area contributed by atoms with Crippen molar-refractivity contribution in [1.29, 1.82) is 0 Å². The molecule has 4 rings (SSSR count). The Bertz CT molecular complexity index is 1150. The number of methoxy groups -OCH3 is 1. The van der Waals surface area contributed by atoms with E-state index < -0.39 is 6.04 Å². The number of benzene rings is 2. The van der Waals surface area contributed by atoms with E-state index in [2.05, 4.69) is 17.6 Å². The fraction of sp³-hybridized carbons (Fsp3) is 0.222. The van der Waals surface area contributed by atoms with E-state index in [9.17, 15) is 9.59 Å². The van der Waals surface area contributed by atoms with Gasteiger partial charge in [0.1, 0.15) is 11.8 Å². The first-order chi connectivity index (χ1) is 16.1. The van der Waals surface area contributed by atoms with Crippen molar-refractivity contribution < 1.29 is 14.3 Å². The fourth-order valence-corrected chi connectivity index (χ4v) is 4.23. The van der Waals surface area contributed by atoms with Crippen molar-refractivity contribution in [3.63, 3.8) is 0 Å². The summed E-state index contributed by atoms with van der Waals surface area (Å²) < 4.78 is 5.40. The monoisotopic (exact) mass is 441 g/mol. The predicted molar refractivity (Wildman–Crippen MR) is 128 cm³/mol. The maximum absolute atomic E-state index is 13.5. The summed E-state index contributed by atoms with van der Waals surface area (Å²) in [6.07, 6.45) is 5.69. The number of carbonyl (C=O) groups excluding carboxylic acids is 2. The zero-order chi connectivity index (χ0) is 23.2. The van der Waals surface area contributed by atoms with Crippen LogP contribution in [0.3, 0.4) is 0 Å². The van der Waals surface area contributed by atoms with Crippen LogP contribution in [0.2, 0.25) is 0 Å². The Labute approximate surface area is 194 Å². The average Bonchev–Trinajstić information content (AvgIpc) is 2.87. The molecule has 1 aliphatic heterocycles. The van der Waals surface area contributed by atoms with Crippen LogP contribution < -0.4 is 4.74 Å². The Hall–Kier alpha value is -3.93. The molecule has 2 heterocycles. The molecule has 33 heavy (non-hydrogen) atoms. The second kappa shape index (κ2) is 10.1. The molecule has 1 fully saturated rings. The van der Waals surface area contributed by atoms with Crippen molar-refractivity contribution in [3.8, 4) is 16.9 Å². The molecule has 2 aromatic carbocycles. The van der Waals surface area contributed by atoms with Gasteiger partial charge in [0.15, 0.2) is 0 Å². The predicted octanol–water partition coefficient (Wildman–Crippen LogP) is 3.84. The van der Waals surface area contributed by atoms with Crippen LogP contribution in [0.15, 0.2) is 85.7 Å². The van der Waals surface area contributed by atoms with Gasteiger partial charge in [0.25, 0.3) is 5.91 Å². The Morgan fingerprint density at radius 2 is 1.94 bits per heavy atom. The minimum atomic E-state index is -0.611. The molecule has 0 aliphatic carbocycles. The van der Waals surface area contributed by atoms with Crippen LogP contribution in [0.5, 0.6) is 5.75 Å². The lowest BCUT2D eigenvalue weighted by atomic mass is 9.97. The van der Waals surface area contributed by atoms with Gasteiger partial charge in [-0.3, -0.25) is 14.6 Å². The summed E-state index contributed by atoms with van der Waals surface area (Å²) in [7, 11) is 1.54. The average molecular weight is 442 g/mol. The SMILES string of the molecule is C=CCN1CCN(C(=O)c2ccccc2OC)C(Cc2cccc(-c3cccnc3)c2)C1=O. The first-order valence-corrected chi connectivity index (χ1v) is 11.0. The second-order valence-corrected chi connectivity index (χ2v) is 7.93. The van der Waals surface area contributed by atoms with Crippen LogP contribution in [0.25, 0.3) is 11.1 Å². The topological polar surface area (TPSA) is 62.7 Å². The number of para-hydroxylation sites is 1. The van der Waals surface area contributed by atoms with Crippen molar-refractivity contribution in [2.45, 2.75) is 12.5 Å². The molecule has 0 spiro atoms. The summed E-state index contributed by atoms with van der Waals surface area (Å²) in [5.41, 5.74) is 3.46. The minimum Gasteiger partial charge on any atom is -0.496 e. The maximum Gasteiger partial charge on any atom is 0.258 e. The fourth-order valence-electron chi connectivity index (χ4n) is 4.23. The summed E-state index contributed by atoms with van der Waals surface area (Å²) in [4.78, 5) is 34.6. The van der Waals surface area contributed by atoms with E-state index in [1.54, 1.807) is 47.4 Å². The van der Waals surface area contributed by atoms with Gasteiger partial charge in [-0.15, -0.1) is 6.58 Å². The number of amides is 2. The molecule has 0 radical (unpaired) electrons. The van der Waals surface area contributed by atoms with Crippen molar-refractivity contribution in [1.82, 2.24) is 14.8 Å². The molecule has 168 valence electrons. The number of aromatic nitrogens is 1. The van der Waals surface area contributed by atoms with E-state index in [1.807, 2.05) is 42.6 Å². The smallest absolute Gasteiger partial charge is 0.258 e. The molecular formula is C27H27N3O3. The van der Waals surface area contributed by atoms with E-state index in [0.717, 1.165) is 16.7 Å². The molecule has 0 N–H and O–H groups in total. The maximum atomic E-state index is 13.5. The van der Waals surface area contributed by atoms with Crippen LogP contribution in [0.1, 0.15) is 15.9 Å². The van der Waals surface area contributed by atoms with E-state index in [4.69, 9.17) is 4.74 Å². The summed E-state index contributed by atoms with van der Waals surface area (Å²) in [6, 6.07) is 18.5. The number of rotatable bonds is 7. The van der Waals surface area contributed by atoms with E-state index in [1.165, 1.54) is 0 Å². The Balaban J connectivity index is 1.66. The van der Waals surface area contributed by atoms with Crippen LogP contribution in [-0.4, -0.2) is 59.4 Å². The van der Waals surface area contributed by atoms with Gasteiger partial charge in [-0.2, -0.15) is 0 Å². The van der Waals surface area contributed by atoms with Crippen molar-refractivity contribution in [3.05, 3.63) is 96.8 Å². The van der Waals surface area contributed by atoms with Gasteiger partial charge < -0.3 is 14.5 Å². The standard InChI is InChI=1S/C27H27N3O3/c1-3-14-29-15-16-30(26(31)23-11-4-5-12-25(23)33-2)24(27(29)32)18-20-8-6-9-21(17-20)22-10-7-13-28-19-22/h3-13,17,19,24H,1,14-16,18H2,2H3. The van der Waals surface area contributed by atoms with Crippen molar-refractivity contribution >= 4 is 11.8 Å². The van der Waals surface area contributed by atoms with Crippen LogP contribution >= 0.6 is 0 Å². The molecule has 1 atom stereocenters. The van der Waals surface area contributed by atoms with Crippen molar-refractivity contribution in [2.75, 3.05) is 26.7 Å². The third-order valence-electron chi connectivity index (χ3n) is 5.88. The quantitative estimate of drug-likeness (QED) is 0.523. The largest absolute Gasteiger partial charge is 0.496 e. The first-order valence-electron chi connectivity index (χ1n) is 11.0. The molecule has 1 unspecified atom stereocenters. The molecule has 6 heteroatoms. The lowest BCUT2D eigenvalue weighted by Gasteiger charge is -2.40. The highest BCUT2D eigenvalue weighted by Gasteiger charge is 2.38. The zero-order valence-corrected chi connectivity index (χ0v) is 18.7. The third kappa shape index (κ3) is 4.80. The Kier molecular flexibility index (Phi) is 6.83. The molecule has 0 saturated carbocycles. The molecule has 1 aromatic heterocycles. The van der Waals surface area contributed by atoms with E-state index >= 15 is 0 Å². The van der Waals surface area contributed by atoms with Gasteiger partial charge in [0.05, 0.1) is 12.7 Å². The summed E-state index contributed by atoms with van der Waals surface area (Å²) in [5, 5.41) is 0. The van der Waals surface area contributed by atoms with Crippen LogP contribution in [-0.2, 0) is 11.2 Å². The first kappa shape index (κ1) is 22.3. The number of hydrogen-bond donors (Lipinski definition) is 0. The Morgan fingerprint density at radius 3 is 2.70 bits per heavy atom. The van der Waals surface area contributed by atoms with Gasteiger partial charge in [0, 0.05) is 38.4 Å². The lowest BCUT2D eigenvalue weighted by molar-refractivity contribution is -0.139. The summed E-state index contributed by atoms with van der Waals surface area (Å²) >= 11 is 0. The molecule has 1 aliphatic rings. The molecular weight excluding hydrogens is 414 g/mol. The number of carbonyl (C=O) groups is 2. The van der Waals surface area contributed by atoms with Gasteiger partial charge in [-0.1, -0.05) is 48.5 Å². The Morgan fingerprint density at radius 1 is 1.12 bits per heavy atom. The van der Waals surface area contributed by atoms with Crippen LogP contribution in [0, 0.1) is 0 Å². The van der Waals surface area contributed by atoms with Gasteiger partial charge in [0.2, 0.25) is 5.91 Å². The second-order valence-electron chi connectivity index (χ2n) is 7.93. The summed E-state index contributed by atoms with van der Waals surface area (Å²) in [6.45, 7) is 5.15. The number of hydrogen-bond acceptors (Lipinski definition) is 4. The highest BCUT2D eigenvalue weighted by molar-refractivity contribution is 6.00. The molecule has 3 aromatic rings. The van der Waals surface area contributed by atoms with Gasteiger partial charge >= 0.3 is 0 Å². The van der Waals surface area contributed by atoms with Gasteiger partial charge in [-0.05, 0) is 34.9 Å². The minimum absolute atomic E-state index is 0.0730.